The standard InChI is InChI=1S/C15H24N2O/c1-15(2,10-16)11-17(3)14-9-18-8-12-6-4-5-7-13(12)14/h4-7,14H,8-11,16H2,1-3H3. The molecule has 0 bridgehead atoms. The third kappa shape index (κ3) is 2.91. The quantitative estimate of drug-likeness (QED) is 0.887. The summed E-state index contributed by atoms with van der Waals surface area (Å²) in [5.41, 5.74) is 8.67. The molecule has 1 heterocycles. The van der Waals surface area contributed by atoms with Crippen LogP contribution in [-0.2, 0) is 11.3 Å². The van der Waals surface area contributed by atoms with Gasteiger partial charge in [0.2, 0.25) is 0 Å². The van der Waals surface area contributed by atoms with Gasteiger partial charge >= 0.3 is 0 Å². The Morgan fingerprint density at radius 3 is 2.83 bits per heavy atom. The maximum absolute atomic E-state index is 5.82. The fraction of sp³-hybridized carbons (Fsp3) is 0.600. The van der Waals surface area contributed by atoms with Crippen LogP contribution in [0.3, 0.4) is 0 Å². The van der Waals surface area contributed by atoms with Crippen molar-refractivity contribution in [1.29, 1.82) is 0 Å². The van der Waals surface area contributed by atoms with Crippen molar-refractivity contribution in [2.45, 2.75) is 26.5 Å². The Hall–Kier alpha value is -0.900. The summed E-state index contributed by atoms with van der Waals surface area (Å²) in [7, 11) is 2.16. The number of hydrogen-bond donors (Lipinski definition) is 1. The fourth-order valence-corrected chi connectivity index (χ4v) is 2.58. The zero-order valence-electron chi connectivity index (χ0n) is 11.6. The van der Waals surface area contributed by atoms with Crippen LogP contribution in [0.1, 0.15) is 31.0 Å². The van der Waals surface area contributed by atoms with E-state index in [-0.39, 0.29) is 5.41 Å². The molecule has 0 spiro atoms. The Bertz CT molecular complexity index is 403. The zero-order valence-corrected chi connectivity index (χ0v) is 11.6. The smallest absolute Gasteiger partial charge is 0.0721 e. The van der Waals surface area contributed by atoms with E-state index >= 15 is 0 Å². The summed E-state index contributed by atoms with van der Waals surface area (Å²) < 4.78 is 5.70. The van der Waals surface area contributed by atoms with E-state index in [1.807, 2.05) is 0 Å². The topological polar surface area (TPSA) is 38.5 Å². The molecular weight excluding hydrogens is 224 g/mol. The van der Waals surface area contributed by atoms with Crippen LogP contribution in [0.2, 0.25) is 0 Å². The molecule has 1 aromatic carbocycles. The number of rotatable bonds is 4. The number of nitrogens with two attached hydrogens (primary N) is 1. The van der Waals surface area contributed by atoms with E-state index in [0.29, 0.717) is 12.6 Å². The van der Waals surface area contributed by atoms with Crippen LogP contribution in [0.15, 0.2) is 24.3 Å². The summed E-state index contributed by atoms with van der Waals surface area (Å²) >= 11 is 0. The first-order valence-corrected chi connectivity index (χ1v) is 6.59. The lowest BCUT2D eigenvalue weighted by Gasteiger charge is -2.37. The van der Waals surface area contributed by atoms with Crippen LogP contribution in [0.25, 0.3) is 0 Å². The van der Waals surface area contributed by atoms with Gasteiger partial charge in [0.15, 0.2) is 0 Å². The molecule has 2 rings (SSSR count). The second-order valence-corrected chi connectivity index (χ2v) is 6.01. The Morgan fingerprint density at radius 2 is 2.11 bits per heavy atom. The van der Waals surface area contributed by atoms with Crippen LogP contribution in [0.5, 0.6) is 0 Å². The highest BCUT2D eigenvalue weighted by Gasteiger charge is 2.27. The van der Waals surface area contributed by atoms with E-state index in [1.54, 1.807) is 0 Å². The molecule has 0 saturated heterocycles. The van der Waals surface area contributed by atoms with E-state index in [9.17, 15) is 0 Å². The Kier molecular flexibility index (Phi) is 4.05. The normalized spacial score (nSPS) is 19.9. The summed E-state index contributed by atoms with van der Waals surface area (Å²) in [6, 6.07) is 8.91. The summed E-state index contributed by atoms with van der Waals surface area (Å²) in [4.78, 5) is 2.37. The van der Waals surface area contributed by atoms with Crippen molar-refractivity contribution < 1.29 is 4.74 Å². The van der Waals surface area contributed by atoms with Gasteiger partial charge in [-0.05, 0) is 30.1 Å². The zero-order chi connectivity index (χ0) is 13.2. The fourth-order valence-electron chi connectivity index (χ4n) is 2.58. The maximum Gasteiger partial charge on any atom is 0.0721 e. The molecule has 1 unspecified atom stereocenters. The molecular formula is C15H24N2O. The molecule has 100 valence electrons. The molecule has 0 saturated carbocycles. The van der Waals surface area contributed by atoms with Crippen LogP contribution in [-0.4, -0.2) is 31.6 Å². The summed E-state index contributed by atoms with van der Waals surface area (Å²) in [5.74, 6) is 0. The number of likely N-dealkylation sites (N-methyl/N-ethyl adjacent to an activating group) is 1. The van der Waals surface area contributed by atoms with Crippen molar-refractivity contribution in [3.8, 4) is 0 Å². The van der Waals surface area contributed by atoms with Crippen LogP contribution in [0, 0.1) is 5.41 Å². The minimum atomic E-state index is 0.140. The van der Waals surface area contributed by atoms with Crippen molar-refractivity contribution in [2.75, 3.05) is 26.7 Å². The second-order valence-electron chi connectivity index (χ2n) is 6.01. The van der Waals surface area contributed by atoms with Gasteiger partial charge in [0.1, 0.15) is 0 Å². The van der Waals surface area contributed by atoms with Crippen molar-refractivity contribution in [2.24, 2.45) is 11.1 Å². The van der Waals surface area contributed by atoms with Crippen molar-refractivity contribution in [3.63, 3.8) is 0 Å². The third-order valence-corrected chi connectivity index (χ3v) is 3.71. The van der Waals surface area contributed by atoms with Crippen LogP contribution >= 0.6 is 0 Å². The van der Waals surface area contributed by atoms with E-state index in [0.717, 1.165) is 19.8 Å². The molecule has 3 heteroatoms. The lowest BCUT2D eigenvalue weighted by Crippen LogP contribution is -2.41. The summed E-state index contributed by atoms with van der Waals surface area (Å²) in [6.45, 7) is 7.60. The average molecular weight is 248 g/mol. The van der Waals surface area contributed by atoms with E-state index in [2.05, 4.69) is 50.1 Å². The van der Waals surface area contributed by atoms with Gasteiger partial charge in [-0.15, -0.1) is 0 Å². The highest BCUT2D eigenvalue weighted by Crippen LogP contribution is 2.30. The number of hydrogen-bond acceptors (Lipinski definition) is 3. The molecule has 3 nitrogen and oxygen atoms in total. The van der Waals surface area contributed by atoms with Gasteiger partial charge in [-0.1, -0.05) is 38.1 Å². The van der Waals surface area contributed by atoms with E-state index in [4.69, 9.17) is 10.5 Å². The number of nitrogens with zero attached hydrogens (tertiary/aromatic N) is 1. The van der Waals surface area contributed by atoms with Gasteiger partial charge in [0.05, 0.1) is 19.3 Å². The SMILES string of the molecule is CN(CC(C)(C)CN)C1COCc2ccccc21. The lowest BCUT2D eigenvalue weighted by atomic mass is 9.91. The van der Waals surface area contributed by atoms with Crippen LogP contribution in [0.4, 0.5) is 0 Å². The predicted octanol–water partition coefficient (Wildman–Crippen LogP) is 2.17. The molecule has 1 aromatic rings. The van der Waals surface area contributed by atoms with Gasteiger partial charge < -0.3 is 10.5 Å². The minimum absolute atomic E-state index is 0.140. The van der Waals surface area contributed by atoms with E-state index in [1.165, 1.54) is 11.1 Å². The predicted molar refractivity (Wildman–Crippen MR) is 74.3 cm³/mol. The highest BCUT2D eigenvalue weighted by molar-refractivity contribution is 5.31. The van der Waals surface area contributed by atoms with Gasteiger partial charge in [0.25, 0.3) is 0 Å². The van der Waals surface area contributed by atoms with Gasteiger partial charge in [-0.3, -0.25) is 4.90 Å². The number of fused-ring (bicyclic) bond motifs is 1. The Balaban J connectivity index is 2.15. The first-order chi connectivity index (χ1) is 8.53. The number of ether oxygens (including phenoxy) is 1. The molecule has 0 radical (unpaired) electrons. The largest absolute Gasteiger partial charge is 0.375 e. The van der Waals surface area contributed by atoms with E-state index < -0.39 is 0 Å². The molecule has 0 aliphatic carbocycles. The van der Waals surface area contributed by atoms with Gasteiger partial charge in [-0.25, -0.2) is 0 Å². The second kappa shape index (κ2) is 5.39. The monoisotopic (exact) mass is 248 g/mol. The molecule has 0 aromatic heterocycles. The van der Waals surface area contributed by atoms with Crippen LogP contribution < -0.4 is 5.73 Å². The molecule has 18 heavy (non-hydrogen) atoms. The van der Waals surface area contributed by atoms with Crippen molar-refractivity contribution in [1.82, 2.24) is 4.90 Å². The van der Waals surface area contributed by atoms with Crippen molar-refractivity contribution >= 4 is 0 Å². The molecule has 1 aliphatic rings. The average Bonchev–Trinajstić information content (AvgIpc) is 2.37. The lowest BCUT2D eigenvalue weighted by molar-refractivity contribution is 0.0303. The summed E-state index contributed by atoms with van der Waals surface area (Å²) in [6.07, 6.45) is 0. The van der Waals surface area contributed by atoms with Crippen molar-refractivity contribution in [3.05, 3.63) is 35.4 Å². The first kappa shape index (κ1) is 13.5. The minimum Gasteiger partial charge on any atom is -0.375 e. The molecule has 1 aliphatic heterocycles. The van der Waals surface area contributed by atoms with Gasteiger partial charge in [-0.2, -0.15) is 0 Å². The molecule has 0 amide bonds. The molecule has 1 atom stereocenters. The third-order valence-electron chi connectivity index (χ3n) is 3.71. The molecule has 2 N–H and O–H groups in total. The Morgan fingerprint density at radius 1 is 1.39 bits per heavy atom. The maximum atomic E-state index is 5.82. The highest BCUT2D eigenvalue weighted by atomic mass is 16.5. The Labute approximate surface area is 110 Å². The van der Waals surface area contributed by atoms with Gasteiger partial charge in [0, 0.05) is 6.54 Å². The number of benzene rings is 1. The molecule has 0 fully saturated rings. The summed E-state index contributed by atoms with van der Waals surface area (Å²) in [5, 5.41) is 0. The first-order valence-electron chi connectivity index (χ1n) is 6.59.